The number of benzene rings is 3. The fraction of sp³-hybridized carbons (Fsp3) is 0.111. The van der Waals surface area contributed by atoms with Gasteiger partial charge in [0.1, 0.15) is 5.75 Å². The van der Waals surface area contributed by atoms with Gasteiger partial charge in [-0.2, -0.15) is 5.10 Å². The van der Waals surface area contributed by atoms with Crippen LogP contribution in [0.5, 0.6) is 5.75 Å². The van der Waals surface area contributed by atoms with Crippen LogP contribution in [0.25, 0.3) is 28.1 Å². The number of H-pyrrole nitrogens is 1. The average molecular weight is 425 g/mol. The third-order valence-corrected chi connectivity index (χ3v) is 5.44. The van der Waals surface area contributed by atoms with E-state index in [1.54, 1.807) is 13.2 Å². The first-order chi connectivity index (χ1) is 15.6. The molecule has 160 valence electrons. The second kappa shape index (κ2) is 9.35. The van der Waals surface area contributed by atoms with Crippen LogP contribution in [0, 0.1) is 0 Å². The predicted octanol–water partition coefficient (Wildman–Crippen LogP) is 6.04. The minimum absolute atomic E-state index is 0.820. The zero-order valence-corrected chi connectivity index (χ0v) is 18.0. The standard InChI is InChI=1S/C27H24N2O3/c1-3-24(19-9-12-23(32-2)13-10-19)27(21-11-14-25-22(16-21)17-28-29-25)20-7-4-18(5-8-20)6-15-26(30)31/h4-17H,3H2,1-2H3,(H,28,29)(H,30,31). The molecule has 0 atom stereocenters. The first-order valence-corrected chi connectivity index (χ1v) is 10.4. The van der Waals surface area contributed by atoms with E-state index in [0.29, 0.717) is 0 Å². The Labute approximate surface area is 186 Å². The number of nitrogens with one attached hydrogen (secondary N) is 1. The number of carbonyl (C=O) groups is 1. The summed E-state index contributed by atoms with van der Waals surface area (Å²) in [6, 6.07) is 22.4. The van der Waals surface area contributed by atoms with Crippen LogP contribution in [0.15, 0.2) is 79.0 Å². The molecule has 0 aliphatic heterocycles. The summed E-state index contributed by atoms with van der Waals surface area (Å²) >= 11 is 0. The highest BCUT2D eigenvalue weighted by Crippen LogP contribution is 2.36. The maximum Gasteiger partial charge on any atom is 0.328 e. The molecule has 2 N–H and O–H groups in total. The highest BCUT2D eigenvalue weighted by molar-refractivity contribution is 6.00. The molecule has 0 saturated heterocycles. The van der Waals surface area contributed by atoms with Crippen LogP contribution in [0.1, 0.15) is 35.6 Å². The van der Waals surface area contributed by atoms with E-state index in [1.165, 1.54) is 5.57 Å². The van der Waals surface area contributed by atoms with E-state index < -0.39 is 5.97 Å². The number of aromatic nitrogens is 2. The van der Waals surface area contributed by atoms with E-state index >= 15 is 0 Å². The number of rotatable bonds is 7. The lowest BCUT2D eigenvalue weighted by atomic mass is 9.87. The van der Waals surface area contributed by atoms with Crippen LogP contribution in [0.4, 0.5) is 0 Å². The Morgan fingerprint density at radius 3 is 2.34 bits per heavy atom. The number of aromatic amines is 1. The number of carboxylic acids is 1. The summed E-state index contributed by atoms with van der Waals surface area (Å²) in [7, 11) is 1.66. The second-order valence-corrected chi connectivity index (χ2v) is 7.40. The number of fused-ring (bicyclic) bond motifs is 1. The molecule has 1 aromatic heterocycles. The Hall–Kier alpha value is -4.12. The maximum atomic E-state index is 10.8. The van der Waals surface area contributed by atoms with Gasteiger partial charge >= 0.3 is 5.97 Å². The minimum Gasteiger partial charge on any atom is -0.497 e. The number of hydrogen-bond acceptors (Lipinski definition) is 3. The van der Waals surface area contributed by atoms with Gasteiger partial charge in [0.2, 0.25) is 0 Å². The molecule has 4 rings (SSSR count). The van der Waals surface area contributed by atoms with Crippen molar-refractivity contribution in [2.75, 3.05) is 7.11 Å². The van der Waals surface area contributed by atoms with E-state index in [-0.39, 0.29) is 0 Å². The molecule has 1 heterocycles. The summed E-state index contributed by atoms with van der Waals surface area (Å²) in [5.74, 6) is -0.143. The van der Waals surface area contributed by atoms with Crippen molar-refractivity contribution in [3.63, 3.8) is 0 Å². The van der Waals surface area contributed by atoms with Crippen molar-refractivity contribution in [2.45, 2.75) is 13.3 Å². The number of ether oxygens (including phenoxy) is 1. The van der Waals surface area contributed by atoms with Gasteiger partial charge in [0.25, 0.3) is 0 Å². The third-order valence-electron chi connectivity index (χ3n) is 5.44. The lowest BCUT2D eigenvalue weighted by Crippen LogP contribution is -1.96. The molecule has 5 nitrogen and oxygen atoms in total. The van der Waals surface area contributed by atoms with Gasteiger partial charge in [-0.15, -0.1) is 0 Å². The Morgan fingerprint density at radius 1 is 1.00 bits per heavy atom. The summed E-state index contributed by atoms with van der Waals surface area (Å²) < 4.78 is 5.33. The zero-order chi connectivity index (χ0) is 22.5. The molecule has 0 aliphatic carbocycles. The molecular formula is C27H24N2O3. The molecule has 0 aliphatic rings. The number of aliphatic carboxylic acids is 1. The summed E-state index contributed by atoms with van der Waals surface area (Å²) in [5, 5.41) is 17.1. The van der Waals surface area contributed by atoms with Crippen LogP contribution in [0.2, 0.25) is 0 Å². The third kappa shape index (κ3) is 4.47. The molecule has 0 radical (unpaired) electrons. The highest BCUT2D eigenvalue weighted by Gasteiger charge is 2.14. The van der Waals surface area contributed by atoms with Gasteiger partial charge in [0.15, 0.2) is 0 Å². The van der Waals surface area contributed by atoms with Gasteiger partial charge in [-0.3, -0.25) is 5.10 Å². The molecule has 5 heteroatoms. The number of methoxy groups -OCH3 is 1. The first-order valence-electron chi connectivity index (χ1n) is 10.4. The van der Waals surface area contributed by atoms with Crippen molar-refractivity contribution < 1.29 is 14.6 Å². The van der Waals surface area contributed by atoms with E-state index in [2.05, 4.69) is 41.4 Å². The number of hydrogen-bond donors (Lipinski definition) is 2. The average Bonchev–Trinajstić information content (AvgIpc) is 3.29. The summed E-state index contributed by atoms with van der Waals surface area (Å²) in [4.78, 5) is 10.8. The fourth-order valence-electron chi connectivity index (χ4n) is 3.86. The smallest absolute Gasteiger partial charge is 0.328 e. The van der Waals surface area contributed by atoms with E-state index in [0.717, 1.165) is 57.0 Å². The van der Waals surface area contributed by atoms with Gasteiger partial charge in [-0.25, -0.2) is 4.79 Å². The number of carboxylic acid groups (broad SMARTS) is 1. The molecule has 4 aromatic rings. The summed E-state index contributed by atoms with van der Waals surface area (Å²) in [6.45, 7) is 2.15. The van der Waals surface area contributed by atoms with Gasteiger partial charge in [-0.1, -0.05) is 49.4 Å². The molecule has 0 saturated carbocycles. The largest absolute Gasteiger partial charge is 0.497 e. The van der Waals surface area contributed by atoms with Crippen molar-refractivity contribution in [1.29, 1.82) is 0 Å². The highest BCUT2D eigenvalue weighted by atomic mass is 16.5. The second-order valence-electron chi connectivity index (χ2n) is 7.40. The van der Waals surface area contributed by atoms with Gasteiger partial charge in [0.05, 0.1) is 18.8 Å². The van der Waals surface area contributed by atoms with Crippen molar-refractivity contribution in [3.8, 4) is 5.75 Å². The van der Waals surface area contributed by atoms with Crippen molar-refractivity contribution >= 4 is 34.1 Å². The van der Waals surface area contributed by atoms with Crippen LogP contribution in [0.3, 0.4) is 0 Å². The molecule has 0 amide bonds. The van der Waals surface area contributed by atoms with Crippen LogP contribution >= 0.6 is 0 Å². The molecule has 32 heavy (non-hydrogen) atoms. The monoisotopic (exact) mass is 424 g/mol. The zero-order valence-electron chi connectivity index (χ0n) is 18.0. The molecule has 0 fully saturated rings. The van der Waals surface area contributed by atoms with Gasteiger partial charge in [0, 0.05) is 11.5 Å². The van der Waals surface area contributed by atoms with Crippen molar-refractivity contribution in [1.82, 2.24) is 10.2 Å². The van der Waals surface area contributed by atoms with Crippen molar-refractivity contribution in [3.05, 3.63) is 101 Å². The topological polar surface area (TPSA) is 75.2 Å². The molecule has 0 unspecified atom stereocenters. The van der Waals surface area contributed by atoms with Gasteiger partial charge in [-0.05, 0) is 70.2 Å². The van der Waals surface area contributed by atoms with Crippen LogP contribution in [-0.4, -0.2) is 28.4 Å². The van der Waals surface area contributed by atoms with Crippen LogP contribution < -0.4 is 4.74 Å². The van der Waals surface area contributed by atoms with Gasteiger partial charge < -0.3 is 9.84 Å². The minimum atomic E-state index is -0.962. The Morgan fingerprint density at radius 2 is 1.69 bits per heavy atom. The van der Waals surface area contributed by atoms with E-state index in [9.17, 15) is 4.79 Å². The molecule has 0 bridgehead atoms. The first kappa shape index (κ1) is 21.1. The number of nitrogens with zero attached hydrogens (tertiary/aromatic N) is 1. The normalized spacial score (nSPS) is 12.2. The van der Waals surface area contributed by atoms with E-state index in [1.807, 2.05) is 48.7 Å². The summed E-state index contributed by atoms with van der Waals surface area (Å²) in [6.07, 6.45) is 5.41. The Kier molecular flexibility index (Phi) is 6.17. The predicted molar refractivity (Wildman–Crippen MR) is 128 cm³/mol. The lowest BCUT2D eigenvalue weighted by Gasteiger charge is -2.17. The number of allylic oxidation sites excluding steroid dienone is 1. The van der Waals surface area contributed by atoms with Crippen LogP contribution in [-0.2, 0) is 4.79 Å². The summed E-state index contributed by atoms with van der Waals surface area (Å²) in [5.41, 5.74) is 7.46. The fourth-order valence-corrected chi connectivity index (χ4v) is 3.86. The molecule has 3 aromatic carbocycles. The molecular weight excluding hydrogens is 400 g/mol. The quantitative estimate of drug-likeness (QED) is 0.280. The Balaban J connectivity index is 1.88. The lowest BCUT2D eigenvalue weighted by molar-refractivity contribution is -0.131. The SMILES string of the molecule is CCC(=C(c1ccc(C=CC(=O)O)cc1)c1ccc2[nH]ncc2c1)c1ccc(OC)cc1. The maximum absolute atomic E-state index is 10.8. The van der Waals surface area contributed by atoms with E-state index in [4.69, 9.17) is 9.84 Å². The van der Waals surface area contributed by atoms with Crippen molar-refractivity contribution in [2.24, 2.45) is 0 Å². The Bertz CT molecular complexity index is 1300. The molecule has 0 spiro atoms.